The Kier molecular flexibility index (Phi) is 4.71. The average Bonchev–Trinajstić information content (AvgIpc) is 2.70. The molecule has 0 bridgehead atoms. The molecule has 2 aliphatic rings. The molecule has 3 unspecified atom stereocenters. The molecule has 1 amide bonds. The Balaban J connectivity index is 1.89. The van der Waals surface area contributed by atoms with E-state index < -0.39 is 15.3 Å². The molecule has 2 aliphatic heterocycles. The topological polar surface area (TPSA) is 83.7 Å². The van der Waals surface area contributed by atoms with E-state index in [0.717, 1.165) is 6.54 Å². The lowest BCUT2D eigenvalue weighted by atomic mass is 9.98. The Morgan fingerprint density at radius 3 is 2.30 bits per heavy atom. The summed E-state index contributed by atoms with van der Waals surface area (Å²) in [5, 5.41) is 4.40. The number of likely N-dealkylation sites (tertiary alicyclic amines) is 2. The lowest BCUT2D eigenvalue weighted by molar-refractivity contribution is -0.128. The maximum absolute atomic E-state index is 11.9. The van der Waals surface area contributed by atoms with E-state index in [2.05, 4.69) is 18.7 Å². The third kappa shape index (κ3) is 3.51. The van der Waals surface area contributed by atoms with Crippen LogP contribution >= 0.6 is 0 Å². The van der Waals surface area contributed by atoms with Gasteiger partial charge in [0, 0.05) is 38.1 Å². The summed E-state index contributed by atoms with van der Waals surface area (Å²) in [5.41, 5.74) is 0. The van der Waals surface area contributed by atoms with Crippen molar-refractivity contribution in [1.29, 1.82) is 0 Å². The fraction of sp³-hybridized carbons (Fsp3) is 0.923. The Bertz CT molecular complexity index is 455. The second-order valence-corrected chi connectivity index (χ2v) is 7.97. The molecule has 6 nitrogen and oxygen atoms in total. The Morgan fingerprint density at radius 1 is 1.20 bits per heavy atom. The largest absolute Gasteiger partial charge is 0.340 e. The Morgan fingerprint density at radius 2 is 1.80 bits per heavy atom. The summed E-state index contributed by atoms with van der Waals surface area (Å²) < 4.78 is 22.6. The summed E-state index contributed by atoms with van der Waals surface area (Å²) in [7, 11) is -3.61. The Labute approximate surface area is 121 Å². The van der Waals surface area contributed by atoms with E-state index >= 15 is 0 Å². The molecule has 0 aliphatic carbocycles. The number of nitrogens with two attached hydrogens (primary N) is 1. The second-order valence-electron chi connectivity index (χ2n) is 6.12. The highest BCUT2D eigenvalue weighted by molar-refractivity contribution is 7.89. The molecule has 7 heteroatoms. The number of carbonyl (C=O) groups is 1. The van der Waals surface area contributed by atoms with Gasteiger partial charge < -0.3 is 4.90 Å². The number of hydrogen-bond donors (Lipinski definition) is 1. The first kappa shape index (κ1) is 15.7. The molecule has 3 atom stereocenters. The lowest BCUT2D eigenvalue weighted by Gasteiger charge is -2.39. The van der Waals surface area contributed by atoms with Gasteiger partial charge in [-0.3, -0.25) is 9.69 Å². The summed E-state index contributed by atoms with van der Waals surface area (Å²) >= 11 is 0. The summed E-state index contributed by atoms with van der Waals surface area (Å²) in [6.45, 7) is 6.09. The first-order chi connectivity index (χ1) is 9.29. The van der Waals surface area contributed by atoms with Crippen molar-refractivity contribution in [2.45, 2.75) is 56.9 Å². The average molecular weight is 303 g/mol. The van der Waals surface area contributed by atoms with Crippen molar-refractivity contribution in [3.05, 3.63) is 0 Å². The minimum absolute atomic E-state index is 0.0317. The number of rotatable bonds is 4. The van der Waals surface area contributed by atoms with Gasteiger partial charge in [0.05, 0.1) is 0 Å². The fourth-order valence-electron chi connectivity index (χ4n) is 3.32. The molecule has 20 heavy (non-hydrogen) atoms. The van der Waals surface area contributed by atoms with E-state index in [-0.39, 0.29) is 18.9 Å². The quantitative estimate of drug-likeness (QED) is 0.800. The van der Waals surface area contributed by atoms with Crippen LogP contribution in [0.3, 0.4) is 0 Å². The first-order valence-corrected chi connectivity index (χ1v) is 8.95. The van der Waals surface area contributed by atoms with Gasteiger partial charge in [0.25, 0.3) is 0 Å². The predicted molar refractivity (Wildman–Crippen MR) is 77.6 cm³/mol. The summed E-state index contributed by atoms with van der Waals surface area (Å²) in [6.07, 6.45) is 3.68. The second kappa shape index (κ2) is 5.99. The van der Waals surface area contributed by atoms with Crippen LogP contribution in [-0.4, -0.2) is 61.1 Å². The summed E-state index contributed by atoms with van der Waals surface area (Å²) in [5.74, 6) is -0.0960. The van der Waals surface area contributed by atoms with Gasteiger partial charge in [0.15, 0.2) is 0 Å². The molecule has 0 aromatic heterocycles. The number of sulfonamides is 1. The van der Waals surface area contributed by atoms with Gasteiger partial charge >= 0.3 is 0 Å². The van der Waals surface area contributed by atoms with E-state index in [9.17, 15) is 13.2 Å². The van der Waals surface area contributed by atoms with E-state index in [1.165, 1.54) is 19.3 Å². The zero-order valence-electron chi connectivity index (χ0n) is 12.3. The predicted octanol–water partition coefficient (Wildman–Crippen LogP) is 0.139. The van der Waals surface area contributed by atoms with Gasteiger partial charge in [0.1, 0.15) is 5.25 Å². The molecule has 0 spiro atoms. The van der Waals surface area contributed by atoms with Gasteiger partial charge in [-0.05, 0) is 26.7 Å². The van der Waals surface area contributed by atoms with Crippen LogP contribution in [0.1, 0.15) is 39.5 Å². The minimum atomic E-state index is -3.61. The van der Waals surface area contributed by atoms with Crippen molar-refractivity contribution in [2.24, 2.45) is 5.14 Å². The number of piperidine rings is 1. The van der Waals surface area contributed by atoms with Crippen molar-refractivity contribution < 1.29 is 13.2 Å². The van der Waals surface area contributed by atoms with Crippen molar-refractivity contribution in [1.82, 2.24) is 9.80 Å². The van der Waals surface area contributed by atoms with Gasteiger partial charge in [-0.15, -0.1) is 0 Å². The number of carbonyl (C=O) groups excluding carboxylic acids is 1. The van der Waals surface area contributed by atoms with Crippen molar-refractivity contribution in [3.63, 3.8) is 0 Å². The SMILES string of the molecule is CC1CCCC(C)N1CCN1CC(S(N)(=O)=O)CC1=O. The monoisotopic (exact) mass is 303 g/mol. The number of nitrogens with zero attached hydrogens (tertiary/aromatic N) is 2. The van der Waals surface area contributed by atoms with Crippen LogP contribution < -0.4 is 5.14 Å². The van der Waals surface area contributed by atoms with Crippen molar-refractivity contribution >= 4 is 15.9 Å². The highest BCUT2D eigenvalue weighted by atomic mass is 32.2. The van der Waals surface area contributed by atoms with E-state index in [0.29, 0.717) is 18.6 Å². The molecule has 2 rings (SSSR count). The zero-order chi connectivity index (χ0) is 14.9. The third-order valence-electron chi connectivity index (χ3n) is 4.65. The first-order valence-electron chi connectivity index (χ1n) is 7.34. The molecule has 0 radical (unpaired) electrons. The van der Waals surface area contributed by atoms with E-state index in [4.69, 9.17) is 5.14 Å². The zero-order valence-corrected chi connectivity index (χ0v) is 13.1. The maximum atomic E-state index is 11.9. The molecule has 0 saturated carbocycles. The molecule has 2 saturated heterocycles. The van der Waals surface area contributed by atoms with Crippen molar-refractivity contribution in [2.75, 3.05) is 19.6 Å². The van der Waals surface area contributed by atoms with Crippen LogP contribution in [0.5, 0.6) is 0 Å². The van der Waals surface area contributed by atoms with E-state index in [1.807, 2.05) is 0 Å². The van der Waals surface area contributed by atoms with Crippen LogP contribution in [0, 0.1) is 0 Å². The number of hydrogen-bond acceptors (Lipinski definition) is 4. The fourth-order valence-corrected chi connectivity index (χ4v) is 4.09. The van der Waals surface area contributed by atoms with Crippen LogP contribution in [0.2, 0.25) is 0 Å². The molecule has 116 valence electrons. The van der Waals surface area contributed by atoms with E-state index in [1.54, 1.807) is 4.90 Å². The molecular formula is C13H25N3O3S. The lowest BCUT2D eigenvalue weighted by Crippen LogP contribution is -2.47. The number of primary sulfonamides is 1. The minimum Gasteiger partial charge on any atom is -0.340 e. The van der Waals surface area contributed by atoms with Crippen LogP contribution in [0.15, 0.2) is 0 Å². The standard InChI is InChI=1S/C13H25N3O3S/c1-10-4-3-5-11(2)16(10)7-6-15-9-12(8-13(15)17)20(14,18)19/h10-12H,3-9H2,1-2H3,(H2,14,18,19). The molecule has 2 N–H and O–H groups in total. The van der Waals surface area contributed by atoms with Crippen molar-refractivity contribution in [3.8, 4) is 0 Å². The van der Waals surface area contributed by atoms with Gasteiger partial charge in [-0.25, -0.2) is 13.6 Å². The molecule has 0 aromatic carbocycles. The molecule has 0 aromatic rings. The Hall–Kier alpha value is -0.660. The summed E-state index contributed by atoms with van der Waals surface area (Å²) in [6, 6.07) is 1.07. The molecule has 2 fully saturated rings. The van der Waals surface area contributed by atoms with Crippen LogP contribution in [0.4, 0.5) is 0 Å². The smallest absolute Gasteiger partial charge is 0.224 e. The highest BCUT2D eigenvalue weighted by Crippen LogP contribution is 2.23. The maximum Gasteiger partial charge on any atom is 0.224 e. The van der Waals surface area contributed by atoms with Crippen LogP contribution in [-0.2, 0) is 14.8 Å². The summed E-state index contributed by atoms with van der Waals surface area (Å²) in [4.78, 5) is 15.9. The highest BCUT2D eigenvalue weighted by Gasteiger charge is 2.36. The van der Waals surface area contributed by atoms with Crippen LogP contribution in [0.25, 0.3) is 0 Å². The third-order valence-corrected chi connectivity index (χ3v) is 5.89. The molecule has 2 heterocycles. The normalized spacial score (nSPS) is 32.9. The molecular weight excluding hydrogens is 278 g/mol. The van der Waals surface area contributed by atoms with Gasteiger partial charge in [-0.1, -0.05) is 6.42 Å². The number of amides is 1. The van der Waals surface area contributed by atoms with Gasteiger partial charge in [-0.2, -0.15) is 0 Å². The van der Waals surface area contributed by atoms with Gasteiger partial charge in [0.2, 0.25) is 15.9 Å².